The largest absolute Gasteiger partial charge is 0.485 e. The van der Waals surface area contributed by atoms with Gasteiger partial charge in [0, 0.05) is 67.6 Å². The van der Waals surface area contributed by atoms with Crippen molar-refractivity contribution >= 4 is 18.3 Å². The molecule has 1 aliphatic carbocycles. The first kappa shape index (κ1) is 27.6. The van der Waals surface area contributed by atoms with Crippen LogP contribution in [0.15, 0.2) is 30.5 Å². The van der Waals surface area contributed by atoms with Gasteiger partial charge in [-0.2, -0.15) is 4.39 Å². The van der Waals surface area contributed by atoms with E-state index in [1.54, 1.807) is 6.07 Å². The van der Waals surface area contributed by atoms with Gasteiger partial charge in [0.05, 0.1) is 19.8 Å². The van der Waals surface area contributed by atoms with Gasteiger partial charge in [-0.15, -0.1) is 12.4 Å². The number of amides is 1. The van der Waals surface area contributed by atoms with Crippen LogP contribution in [0.5, 0.6) is 5.75 Å². The number of nitrogens with one attached hydrogen (secondary N) is 1. The Hall–Kier alpha value is -2.40. The number of carbonyl (C=O) groups is 1. The number of likely N-dealkylation sites (tertiary alicyclic amines) is 1. The lowest BCUT2D eigenvalue weighted by Gasteiger charge is -2.35. The van der Waals surface area contributed by atoms with Gasteiger partial charge in [-0.05, 0) is 37.5 Å². The molecule has 0 bridgehead atoms. The van der Waals surface area contributed by atoms with Gasteiger partial charge in [-0.1, -0.05) is 0 Å². The van der Waals surface area contributed by atoms with Crippen LogP contribution in [-0.2, 0) is 16.1 Å². The highest BCUT2D eigenvalue weighted by atomic mass is 35.5. The minimum absolute atomic E-state index is 0. The van der Waals surface area contributed by atoms with Crippen molar-refractivity contribution in [3.05, 3.63) is 59.2 Å². The van der Waals surface area contributed by atoms with E-state index in [-0.39, 0.29) is 54.2 Å². The molecular formula is C26H32ClF3N4O3. The minimum atomic E-state index is -0.799. The van der Waals surface area contributed by atoms with Crippen molar-refractivity contribution in [2.45, 2.75) is 43.9 Å². The molecule has 2 saturated heterocycles. The highest BCUT2D eigenvalue weighted by Gasteiger charge is 2.42. The number of piperidine rings is 1. The number of hydrogen-bond acceptors (Lipinski definition) is 6. The first-order valence-electron chi connectivity index (χ1n) is 12.5. The van der Waals surface area contributed by atoms with Crippen molar-refractivity contribution in [1.29, 1.82) is 0 Å². The average Bonchev–Trinajstić information content (AvgIpc) is 3.64. The lowest BCUT2D eigenvalue weighted by atomic mass is 10.0. The summed E-state index contributed by atoms with van der Waals surface area (Å²) in [6.07, 6.45) is 3.73. The summed E-state index contributed by atoms with van der Waals surface area (Å²) in [5.74, 6) is -2.13. The predicted molar refractivity (Wildman–Crippen MR) is 133 cm³/mol. The molecule has 2 aromatic rings. The van der Waals surface area contributed by atoms with E-state index in [2.05, 4.69) is 15.2 Å². The maximum absolute atomic E-state index is 14.6. The van der Waals surface area contributed by atoms with Crippen LogP contribution in [0.3, 0.4) is 0 Å². The van der Waals surface area contributed by atoms with Gasteiger partial charge < -0.3 is 19.7 Å². The van der Waals surface area contributed by atoms with E-state index in [9.17, 15) is 18.0 Å². The van der Waals surface area contributed by atoms with E-state index in [0.29, 0.717) is 38.4 Å². The van der Waals surface area contributed by atoms with E-state index in [0.717, 1.165) is 38.4 Å². The van der Waals surface area contributed by atoms with Gasteiger partial charge in [-0.3, -0.25) is 9.69 Å². The molecule has 5 rings (SSSR count). The molecule has 2 aliphatic heterocycles. The van der Waals surface area contributed by atoms with Crippen LogP contribution in [0, 0.1) is 17.6 Å². The molecule has 1 aromatic carbocycles. The molecule has 0 radical (unpaired) electrons. The van der Waals surface area contributed by atoms with E-state index in [4.69, 9.17) is 9.47 Å². The van der Waals surface area contributed by atoms with Gasteiger partial charge in [0.15, 0.2) is 11.6 Å². The second-order valence-corrected chi connectivity index (χ2v) is 9.71. The molecule has 7 nitrogen and oxygen atoms in total. The number of nitrogens with zero attached hydrogens (tertiary/aromatic N) is 3. The number of hydrogen-bond donors (Lipinski definition) is 1. The lowest BCUT2D eigenvalue weighted by Crippen LogP contribution is -2.49. The maximum Gasteiger partial charge on any atom is 0.236 e. The summed E-state index contributed by atoms with van der Waals surface area (Å²) in [5, 5.41) is 3.60. The lowest BCUT2D eigenvalue weighted by molar-refractivity contribution is -0.134. The van der Waals surface area contributed by atoms with Crippen LogP contribution in [-0.4, -0.2) is 78.7 Å². The van der Waals surface area contributed by atoms with Crippen LogP contribution in [0.4, 0.5) is 13.2 Å². The third-order valence-corrected chi connectivity index (χ3v) is 7.20. The van der Waals surface area contributed by atoms with Gasteiger partial charge in [0.25, 0.3) is 0 Å². The van der Waals surface area contributed by atoms with Crippen LogP contribution < -0.4 is 10.1 Å². The van der Waals surface area contributed by atoms with E-state index in [1.807, 2.05) is 4.90 Å². The van der Waals surface area contributed by atoms with Gasteiger partial charge in [0.1, 0.15) is 12.4 Å². The number of carbonyl (C=O) groups excluding carboxylic acids is 1. The summed E-state index contributed by atoms with van der Waals surface area (Å²) in [6.45, 7) is 4.54. The summed E-state index contributed by atoms with van der Waals surface area (Å²) < 4.78 is 53.5. The van der Waals surface area contributed by atoms with Gasteiger partial charge >= 0.3 is 0 Å². The van der Waals surface area contributed by atoms with E-state index >= 15 is 0 Å². The summed E-state index contributed by atoms with van der Waals surface area (Å²) in [4.78, 5) is 20.3. The zero-order chi connectivity index (χ0) is 25.1. The number of pyridine rings is 1. The van der Waals surface area contributed by atoms with Crippen LogP contribution in [0.25, 0.3) is 0 Å². The maximum atomic E-state index is 14.6. The van der Waals surface area contributed by atoms with Crippen LogP contribution in [0.1, 0.15) is 36.3 Å². The Kier molecular flexibility index (Phi) is 9.28. The SMILES string of the molecule is Cl.O=C(CN1CCOCC1)N1CCC(N[C@@H]2C[C@H]2c2cc(F)cc(F)c2OCc2cccnc2F)CC1. The fraction of sp³-hybridized carbons (Fsp3) is 0.538. The molecule has 1 aromatic heterocycles. The number of morpholine rings is 1. The van der Waals surface area contributed by atoms with Gasteiger partial charge in [0.2, 0.25) is 11.9 Å². The van der Waals surface area contributed by atoms with Crippen molar-refractivity contribution in [2.24, 2.45) is 0 Å². The number of aromatic nitrogens is 1. The van der Waals surface area contributed by atoms with Crippen molar-refractivity contribution in [1.82, 2.24) is 20.1 Å². The third kappa shape index (κ3) is 6.93. The molecule has 0 unspecified atom stereocenters. The van der Waals surface area contributed by atoms with Gasteiger partial charge in [-0.25, -0.2) is 13.8 Å². The number of benzene rings is 1. The number of rotatable bonds is 8. The Morgan fingerprint density at radius 3 is 2.62 bits per heavy atom. The number of ether oxygens (including phenoxy) is 2. The molecule has 3 heterocycles. The third-order valence-electron chi connectivity index (χ3n) is 7.20. The standard InChI is InChI=1S/C26H31F3N4O3.ClH/c27-18-12-21(25(22(28)13-18)36-16-17-2-1-5-30-26(17)29)20-14-23(20)31-19-3-6-33(7-4-19)24(34)15-32-8-10-35-11-9-32;/h1-2,5,12-13,19-20,23,31H,3-4,6-11,14-16H2;1H/t20-,23+;/m0./s1. The molecule has 1 N–H and O–H groups in total. The monoisotopic (exact) mass is 540 g/mol. The highest BCUT2D eigenvalue weighted by Crippen LogP contribution is 2.46. The Bertz CT molecular complexity index is 1080. The first-order chi connectivity index (χ1) is 17.5. The summed E-state index contributed by atoms with van der Waals surface area (Å²) >= 11 is 0. The van der Waals surface area contributed by atoms with E-state index < -0.39 is 17.6 Å². The predicted octanol–water partition coefficient (Wildman–Crippen LogP) is 3.27. The Labute approximate surface area is 220 Å². The average molecular weight is 541 g/mol. The van der Waals surface area contributed by atoms with Crippen molar-refractivity contribution in [3.63, 3.8) is 0 Å². The second kappa shape index (κ2) is 12.4. The van der Waals surface area contributed by atoms with Crippen molar-refractivity contribution < 1.29 is 27.4 Å². The summed E-state index contributed by atoms with van der Waals surface area (Å²) in [5.41, 5.74) is 0.653. The zero-order valence-corrected chi connectivity index (χ0v) is 21.3. The fourth-order valence-corrected chi connectivity index (χ4v) is 5.06. The topological polar surface area (TPSA) is 66.9 Å². The fourth-order valence-electron chi connectivity index (χ4n) is 5.06. The minimum Gasteiger partial charge on any atom is -0.485 e. The molecule has 3 aliphatic rings. The molecule has 1 saturated carbocycles. The molecule has 1 amide bonds. The molecule has 2 atom stereocenters. The quantitative estimate of drug-likeness (QED) is 0.519. The smallest absolute Gasteiger partial charge is 0.236 e. The Morgan fingerprint density at radius 1 is 1.14 bits per heavy atom. The molecule has 202 valence electrons. The Morgan fingerprint density at radius 2 is 1.89 bits per heavy atom. The summed E-state index contributed by atoms with van der Waals surface area (Å²) in [6, 6.07) is 5.49. The van der Waals surface area contributed by atoms with Crippen LogP contribution in [0.2, 0.25) is 0 Å². The molecule has 11 heteroatoms. The van der Waals surface area contributed by atoms with E-state index in [1.165, 1.54) is 18.3 Å². The van der Waals surface area contributed by atoms with Crippen LogP contribution >= 0.6 is 12.4 Å². The zero-order valence-electron chi connectivity index (χ0n) is 20.5. The number of halogens is 4. The molecule has 0 spiro atoms. The Balaban J connectivity index is 0.00000320. The second-order valence-electron chi connectivity index (χ2n) is 9.71. The first-order valence-corrected chi connectivity index (χ1v) is 12.5. The van der Waals surface area contributed by atoms with Crippen molar-refractivity contribution in [3.8, 4) is 5.75 Å². The van der Waals surface area contributed by atoms with Crippen molar-refractivity contribution in [2.75, 3.05) is 45.9 Å². The normalized spacial score (nSPS) is 22.4. The molecular weight excluding hydrogens is 509 g/mol. The highest BCUT2D eigenvalue weighted by molar-refractivity contribution is 5.85. The molecule has 37 heavy (non-hydrogen) atoms. The molecule has 3 fully saturated rings. The summed E-state index contributed by atoms with van der Waals surface area (Å²) in [7, 11) is 0.